The third kappa shape index (κ3) is 4.32. The summed E-state index contributed by atoms with van der Waals surface area (Å²) in [5.41, 5.74) is 0.361. The molecule has 1 amide bonds. The van der Waals surface area contributed by atoms with Crippen LogP contribution in [-0.2, 0) is 11.2 Å². The Hall–Kier alpha value is -0.870. The molecule has 19 heavy (non-hydrogen) atoms. The molecule has 1 aliphatic rings. The third-order valence-electron chi connectivity index (χ3n) is 4.17. The first kappa shape index (κ1) is 14.5. The number of rotatable bonds is 5. The fourth-order valence-corrected chi connectivity index (χ4v) is 3.37. The molecule has 1 fully saturated rings. The van der Waals surface area contributed by atoms with E-state index < -0.39 is 5.60 Å². The molecule has 1 aliphatic carbocycles. The molecule has 2 N–H and O–H groups in total. The molecule has 0 aromatic carbocycles. The van der Waals surface area contributed by atoms with E-state index in [1.165, 1.54) is 6.42 Å². The van der Waals surface area contributed by atoms with Crippen LogP contribution >= 0.6 is 11.3 Å². The van der Waals surface area contributed by atoms with Gasteiger partial charge >= 0.3 is 0 Å². The number of carbonyl (C=O) groups is 1. The Labute approximate surface area is 119 Å². The van der Waals surface area contributed by atoms with Crippen LogP contribution < -0.4 is 5.32 Å². The van der Waals surface area contributed by atoms with E-state index in [4.69, 9.17) is 0 Å². The van der Waals surface area contributed by atoms with Gasteiger partial charge in [-0.2, -0.15) is 11.3 Å². The molecule has 0 saturated heterocycles. The maximum Gasteiger partial charge on any atom is 0.224 e. The van der Waals surface area contributed by atoms with Crippen molar-refractivity contribution in [3.8, 4) is 0 Å². The van der Waals surface area contributed by atoms with Gasteiger partial charge in [-0.3, -0.25) is 4.79 Å². The number of amides is 1. The minimum absolute atomic E-state index is 0.00411. The first-order valence-electron chi connectivity index (χ1n) is 7.11. The summed E-state index contributed by atoms with van der Waals surface area (Å²) in [6, 6.07) is 1.96. The van der Waals surface area contributed by atoms with Crippen molar-refractivity contribution in [3.63, 3.8) is 0 Å². The molecule has 0 unspecified atom stereocenters. The van der Waals surface area contributed by atoms with Crippen molar-refractivity contribution in [3.05, 3.63) is 22.4 Å². The van der Waals surface area contributed by atoms with Crippen LogP contribution in [0.5, 0.6) is 0 Å². The molecule has 1 aromatic rings. The summed E-state index contributed by atoms with van der Waals surface area (Å²) in [7, 11) is 0. The summed E-state index contributed by atoms with van der Waals surface area (Å²) in [5, 5.41) is 17.3. The van der Waals surface area contributed by atoms with E-state index in [0.717, 1.165) is 37.2 Å². The minimum atomic E-state index is -0.685. The fourth-order valence-electron chi connectivity index (χ4n) is 2.70. The summed E-state index contributed by atoms with van der Waals surface area (Å²) in [4.78, 5) is 11.8. The summed E-state index contributed by atoms with van der Waals surface area (Å²) >= 11 is 1.60. The van der Waals surface area contributed by atoms with Crippen molar-refractivity contribution in [2.75, 3.05) is 6.54 Å². The van der Waals surface area contributed by atoms with E-state index in [1.54, 1.807) is 11.3 Å². The van der Waals surface area contributed by atoms with Crippen LogP contribution in [0.2, 0.25) is 0 Å². The van der Waals surface area contributed by atoms with Crippen molar-refractivity contribution in [1.82, 2.24) is 5.32 Å². The van der Waals surface area contributed by atoms with E-state index in [0.29, 0.717) is 13.0 Å². The average molecular weight is 281 g/mol. The zero-order valence-corrected chi connectivity index (χ0v) is 12.3. The van der Waals surface area contributed by atoms with Crippen molar-refractivity contribution in [2.24, 2.45) is 5.92 Å². The topological polar surface area (TPSA) is 49.3 Å². The lowest BCUT2D eigenvalue weighted by Crippen LogP contribution is -2.45. The van der Waals surface area contributed by atoms with E-state index >= 15 is 0 Å². The molecular formula is C15H23NO2S. The van der Waals surface area contributed by atoms with Gasteiger partial charge in [-0.15, -0.1) is 0 Å². The Morgan fingerprint density at radius 2 is 2.26 bits per heavy atom. The first-order chi connectivity index (χ1) is 9.11. The Bertz CT molecular complexity index is 394. The molecular weight excluding hydrogens is 258 g/mol. The number of hydrogen-bond donors (Lipinski definition) is 2. The Kier molecular flexibility index (Phi) is 4.99. The van der Waals surface area contributed by atoms with Crippen LogP contribution in [0.4, 0.5) is 0 Å². The molecule has 4 heteroatoms. The molecule has 0 bridgehead atoms. The highest BCUT2D eigenvalue weighted by Gasteiger charge is 2.32. The Morgan fingerprint density at radius 3 is 2.84 bits per heavy atom. The number of aliphatic hydroxyl groups is 1. The van der Waals surface area contributed by atoms with E-state index in [1.807, 2.05) is 16.8 Å². The Morgan fingerprint density at radius 1 is 1.53 bits per heavy atom. The maximum absolute atomic E-state index is 11.8. The second-order valence-electron chi connectivity index (χ2n) is 5.66. The monoisotopic (exact) mass is 281 g/mol. The highest BCUT2D eigenvalue weighted by atomic mass is 32.1. The standard InChI is InChI=1S/C15H23NO2S/c1-2-12-3-6-15(18,7-4-12)11-16-14(17)9-13-5-8-19-10-13/h5,8,10,12,18H,2-4,6-7,9,11H2,1H3,(H,16,17). The molecule has 106 valence electrons. The lowest BCUT2D eigenvalue weighted by atomic mass is 9.78. The molecule has 1 heterocycles. The summed E-state index contributed by atoms with van der Waals surface area (Å²) in [6.45, 7) is 2.60. The molecule has 1 aromatic heterocycles. The van der Waals surface area contributed by atoms with Gasteiger partial charge in [0.05, 0.1) is 12.0 Å². The van der Waals surface area contributed by atoms with Crippen LogP contribution in [0, 0.1) is 5.92 Å². The van der Waals surface area contributed by atoms with Crippen LogP contribution in [-0.4, -0.2) is 23.2 Å². The van der Waals surface area contributed by atoms with Gasteiger partial charge in [-0.25, -0.2) is 0 Å². The predicted molar refractivity (Wildman–Crippen MR) is 78.2 cm³/mol. The largest absolute Gasteiger partial charge is 0.388 e. The lowest BCUT2D eigenvalue weighted by molar-refractivity contribution is -0.122. The molecule has 0 spiro atoms. The van der Waals surface area contributed by atoms with Crippen LogP contribution in [0.15, 0.2) is 16.8 Å². The van der Waals surface area contributed by atoms with Gasteiger partial charge in [0.25, 0.3) is 0 Å². The van der Waals surface area contributed by atoms with Gasteiger partial charge in [0, 0.05) is 6.54 Å². The SMILES string of the molecule is CCC1CCC(O)(CNC(=O)Cc2ccsc2)CC1. The number of hydrogen-bond acceptors (Lipinski definition) is 3. The molecule has 0 radical (unpaired) electrons. The second kappa shape index (κ2) is 6.53. The molecule has 1 saturated carbocycles. The van der Waals surface area contributed by atoms with Crippen LogP contribution in [0.3, 0.4) is 0 Å². The first-order valence-corrected chi connectivity index (χ1v) is 8.06. The maximum atomic E-state index is 11.8. The Balaban J connectivity index is 1.74. The highest BCUT2D eigenvalue weighted by Crippen LogP contribution is 2.33. The summed E-state index contributed by atoms with van der Waals surface area (Å²) in [6.07, 6.45) is 5.38. The van der Waals surface area contributed by atoms with Gasteiger partial charge in [-0.1, -0.05) is 13.3 Å². The molecule has 2 rings (SSSR count). The van der Waals surface area contributed by atoms with E-state index in [-0.39, 0.29) is 5.91 Å². The normalized spacial score (nSPS) is 27.2. The smallest absolute Gasteiger partial charge is 0.224 e. The van der Waals surface area contributed by atoms with Gasteiger partial charge in [0.2, 0.25) is 5.91 Å². The zero-order chi connectivity index (χ0) is 13.7. The molecule has 0 aliphatic heterocycles. The van der Waals surface area contributed by atoms with Crippen molar-refractivity contribution in [2.45, 2.75) is 51.0 Å². The van der Waals surface area contributed by atoms with Gasteiger partial charge < -0.3 is 10.4 Å². The average Bonchev–Trinajstić information content (AvgIpc) is 2.90. The predicted octanol–water partition coefficient (Wildman–Crippen LogP) is 2.74. The van der Waals surface area contributed by atoms with Crippen molar-refractivity contribution in [1.29, 1.82) is 0 Å². The quantitative estimate of drug-likeness (QED) is 0.872. The second-order valence-corrected chi connectivity index (χ2v) is 6.44. The van der Waals surface area contributed by atoms with Gasteiger partial charge in [0.1, 0.15) is 0 Å². The molecule has 0 atom stereocenters. The number of thiophene rings is 1. The highest BCUT2D eigenvalue weighted by molar-refractivity contribution is 7.07. The van der Waals surface area contributed by atoms with Crippen molar-refractivity contribution < 1.29 is 9.90 Å². The summed E-state index contributed by atoms with van der Waals surface area (Å²) < 4.78 is 0. The fraction of sp³-hybridized carbons (Fsp3) is 0.667. The van der Waals surface area contributed by atoms with Crippen LogP contribution in [0.25, 0.3) is 0 Å². The number of carbonyl (C=O) groups excluding carboxylic acids is 1. The minimum Gasteiger partial charge on any atom is -0.388 e. The number of nitrogens with one attached hydrogen (secondary N) is 1. The lowest BCUT2D eigenvalue weighted by Gasteiger charge is -2.35. The zero-order valence-electron chi connectivity index (χ0n) is 11.5. The summed E-state index contributed by atoms with van der Waals surface area (Å²) in [5.74, 6) is 0.756. The van der Waals surface area contributed by atoms with Gasteiger partial charge in [-0.05, 0) is 54.0 Å². The van der Waals surface area contributed by atoms with Crippen LogP contribution in [0.1, 0.15) is 44.6 Å². The van der Waals surface area contributed by atoms with E-state index in [2.05, 4.69) is 12.2 Å². The molecule has 3 nitrogen and oxygen atoms in total. The van der Waals surface area contributed by atoms with E-state index in [9.17, 15) is 9.90 Å². The van der Waals surface area contributed by atoms with Gasteiger partial charge in [0.15, 0.2) is 0 Å². The van der Waals surface area contributed by atoms with Crippen molar-refractivity contribution >= 4 is 17.2 Å². The third-order valence-corrected chi connectivity index (χ3v) is 4.90.